The number of anilines is 1. The van der Waals surface area contributed by atoms with Crippen LogP contribution in [0.2, 0.25) is 5.02 Å². The monoisotopic (exact) mass is 195 g/mol. The normalized spacial score (nSPS) is 16.8. The van der Waals surface area contributed by atoms with Gasteiger partial charge in [0.2, 0.25) is 0 Å². The first-order chi connectivity index (χ1) is 6.36. The molecule has 1 aliphatic rings. The fraction of sp³-hybridized carbons (Fsp3) is 0.400. The molecule has 0 amide bonds. The molecule has 68 valence electrons. The lowest BCUT2D eigenvalue weighted by molar-refractivity contribution is 0.122. The molecule has 2 rings (SSSR count). The van der Waals surface area contributed by atoms with Crippen LogP contribution in [0.5, 0.6) is 0 Å². The summed E-state index contributed by atoms with van der Waals surface area (Å²) < 4.78 is 5.25. The van der Waals surface area contributed by atoms with Crippen LogP contribution in [0.4, 0.5) is 5.69 Å². The molecule has 1 saturated heterocycles. The van der Waals surface area contributed by atoms with Crippen LogP contribution in [-0.2, 0) is 4.74 Å². The molecule has 13 heavy (non-hydrogen) atoms. The van der Waals surface area contributed by atoms with Crippen molar-refractivity contribution in [3.05, 3.63) is 29.3 Å². The zero-order valence-corrected chi connectivity index (χ0v) is 7.97. The highest BCUT2D eigenvalue weighted by atomic mass is 35.5. The summed E-state index contributed by atoms with van der Waals surface area (Å²) in [7, 11) is 0. The Morgan fingerprint density at radius 3 is 2.62 bits per heavy atom. The standard InChI is InChI=1S/C10H10ClNO/c11-9-1-3-10(4-2-9)12-5-7-13-8-6-12/h1,3H,5-8H2. The Balaban J connectivity index is 2.10. The lowest BCUT2D eigenvalue weighted by atomic mass is 10.3. The fourth-order valence-corrected chi connectivity index (χ4v) is 1.46. The summed E-state index contributed by atoms with van der Waals surface area (Å²) in [4.78, 5) is 2.22. The third-order valence-electron chi connectivity index (χ3n) is 2.05. The number of morpholine rings is 1. The van der Waals surface area contributed by atoms with Gasteiger partial charge in [-0.1, -0.05) is 11.6 Å². The number of halogens is 1. The molecule has 0 bridgehead atoms. The Kier molecular flexibility index (Phi) is 2.58. The number of nitrogens with zero attached hydrogens (tertiary/aromatic N) is 1. The summed E-state index contributed by atoms with van der Waals surface area (Å²) in [5, 5.41) is 0.608. The third-order valence-corrected chi connectivity index (χ3v) is 2.27. The number of hydrogen-bond donors (Lipinski definition) is 0. The summed E-state index contributed by atoms with van der Waals surface area (Å²) in [6.07, 6.45) is 0. The second-order valence-electron chi connectivity index (χ2n) is 2.92. The summed E-state index contributed by atoms with van der Waals surface area (Å²) in [6.45, 7) is 3.42. The number of rotatable bonds is 1. The maximum Gasteiger partial charge on any atom is 0.0909 e. The van der Waals surface area contributed by atoms with Gasteiger partial charge in [-0.15, -0.1) is 0 Å². The zero-order chi connectivity index (χ0) is 9.10. The number of hydrogen-bond acceptors (Lipinski definition) is 2. The minimum atomic E-state index is 0.608. The molecule has 0 atom stereocenters. The van der Waals surface area contributed by atoms with Gasteiger partial charge in [-0.25, -0.2) is 0 Å². The predicted molar refractivity (Wildman–Crippen MR) is 52.2 cm³/mol. The Morgan fingerprint density at radius 1 is 1.23 bits per heavy atom. The van der Waals surface area contributed by atoms with Gasteiger partial charge in [0.1, 0.15) is 0 Å². The summed E-state index contributed by atoms with van der Waals surface area (Å²) in [5.74, 6) is 0. The molecule has 0 saturated carbocycles. The molecule has 0 spiro atoms. The first kappa shape index (κ1) is 8.68. The summed E-state index contributed by atoms with van der Waals surface area (Å²) >= 11 is 5.72. The van der Waals surface area contributed by atoms with Crippen LogP contribution in [0.3, 0.4) is 0 Å². The molecule has 0 aromatic heterocycles. The first-order valence-corrected chi connectivity index (χ1v) is 4.66. The van der Waals surface area contributed by atoms with Crippen molar-refractivity contribution in [1.82, 2.24) is 0 Å². The minimum absolute atomic E-state index is 0.608. The summed E-state index contributed by atoms with van der Waals surface area (Å²) in [5.41, 5.74) is 1.05. The van der Waals surface area contributed by atoms with Gasteiger partial charge >= 0.3 is 0 Å². The molecule has 1 fully saturated rings. The maximum atomic E-state index is 5.72. The highest BCUT2D eigenvalue weighted by molar-refractivity contribution is 6.30. The molecule has 1 aromatic carbocycles. The van der Waals surface area contributed by atoms with Crippen molar-refractivity contribution in [3.63, 3.8) is 0 Å². The largest absolute Gasteiger partial charge is 0.378 e. The van der Waals surface area contributed by atoms with E-state index in [-0.39, 0.29) is 0 Å². The molecule has 0 aliphatic carbocycles. The van der Waals surface area contributed by atoms with Crippen LogP contribution in [0.1, 0.15) is 0 Å². The lowest BCUT2D eigenvalue weighted by Crippen LogP contribution is -2.36. The van der Waals surface area contributed by atoms with Gasteiger partial charge in [-0.05, 0) is 24.3 Å². The van der Waals surface area contributed by atoms with E-state index < -0.39 is 0 Å². The minimum Gasteiger partial charge on any atom is -0.378 e. The first-order valence-electron chi connectivity index (χ1n) is 4.28. The smallest absolute Gasteiger partial charge is 0.0909 e. The van der Waals surface area contributed by atoms with Crippen molar-refractivity contribution >= 4 is 17.3 Å². The van der Waals surface area contributed by atoms with Crippen LogP contribution < -0.4 is 4.90 Å². The van der Waals surface area contributed by atoms with Gasteiger partial charge in [-0.3, -0.25) is 0 Å². The average Bonchev–Trinajstić information content (AvgIpc) is 2.20. The second kappa shape index (κ2) is 3.87. The van der Waals surface area contributed by atoms with Gasteiger partial charge in [0.25, 0.3) is 0 Å². The predicted octanol–water partition coefficient (Wildman–Crippen LogP) is 1.78. The maximum absolute atomic E-state index is 5.72. The van der Waals surface area contributed by atoms with E-state index in [0.29, 0.717) is 5.02 Å². The van der Waals surface area contributed by atoms with Gasteiger partial charge < -0.3 is 9.64 Å². The van der Waals surface area contributed by atoms with Crippen molar-refractivity contribution in [2.75, 3.05) is 31.2 Å². The molecule has 2 nitrogen and oxygen atoms in total. The van der Waals surface area contributed by atoms with Gasteiger partial charge in [0.05, 0.1) is 23.9 Å². The van der Waals surface area contributed by atoms with Gasteiger partial charge in [0.15, 0.2) is 0 Å². The van der Waals surface area contributed by atoms with Crippen molar-refractivity contribution in [2.24, 2.45) is 0 Å². The molecular formula is C10H10ClNO. The van der Waals surface area contributed by atoms with E-state index in [4.69, 9.17) is 16.3 Å². The zero-order valence-electron chi connectivity index (χ0n) is 7.22. The molecule has 1 aliphatic heterocycles. The van der Waals surface area contributed by atoms with E-state index in [1.165, 1.54) is 0 Å². The SMILES string of the molecule is Clc1c#cc(N2CCOCC2)cc1. The highest BCUT2D eigenvalue weighted by Crippen LogP contribution is 2.14. The molecule has 1 heterocycles. The van der Waals surface area contributed by atoms with E-state index in [9.17, 15) is 0 Å². The average molecular weight is 196 g/mol. The Hall–Kier alpha value is -0.910. The van der Waals surface area contributed by atoms with Crippen molar-refractivity contribution in [2.45, 2.75) is 0 Å². The van der Waals surface area contributed by atoms with E-state index in [0.717, 1.165) is 32.0 Å². The van der Waals surface area contributed by atoms with Crippen LogP contribution in [0, 0.1) is 12.1 Å². The van der Waals surface area contributed by atoms with Crippen LogP contribution in [0.25, 0.3) is 0 Å². The van der Waals surface area contributed by atoms with E-state index in [1.807, 2.05) is 12.1 Å². The fourth-order valence-electron chi connectivity index (χ4n) is 1.35. The second-order valence-corrected chi connectivity index (χ2v) is 3.32. The van der Waals surface area contributed by atoms with E-state index in [2.05, 4.69) is 17.0 Å². The topological polar surface area (TPSA) is 12.5 Å². The van der Waals surface area contributed by atoms with E-state index >= 15 is 0 Å². The lowest BCUT2D eigenvalue weighted by Gasteiger charge is -2.27. The molecule has 3 heteroatoms. The Labute approximate surface area is 83.1 Å². The van der Waals surface area contributed by atoms with Crippen LogP contribution in [0.15, 0.2) is 12.1 Å². The molecule has 0 N–H and O–H groups in total. The van der Waals surface area contributed by atoms with Crippen LogP contribution >= 0.6 is 11.6 Å². The van der Waals surface area contributed by atoms with Gasteiger partial charge in [0, 0.05) is 13.1 Å². The van der Waals surface area contributed by atoms with Crippen molar-refractivity contribution < 1.29 is 4.74 Å². The number of ether oxygens (including phenoxy) is 1. The molecular weight excluding hydrogens is 186 g/mol. The van der Waals surface area contributed by atoms with Gasteiger partial charge in [-0.2, -0.15) is 0 Å². The van der Waals surface area contributed by atoms with Crippen molar-refractivity contribution in [3.8, 4) is 0 Å². The van der Waals surface area contributed by atoms with E-state index in [1.54, 1.807) is 0 Å². The summed E-state index contributed by atoms with van der Waals surface area (Å²) in [6, 6.07) is 9.67. The third kappa shape index (κ3) is 2.06. The molecule has 1 aromatic rings. The quantitative estimate of drug-likeness (QED) is 0.678. The molecule has 0 unspecified atom stereocenters. The Morgan fingerprint density at radius 2 is 2.00 bits per heavy atom. The Bertz CT molecular complexity index is 267. The van der Waals surface area contributed by atoms with Crippen molar-refractivity contribution in [1.29, 1.82) is 0 Å². The molecule has 0 radical (unpaired) electrons. The van der Waals surface area contributed by atoms with Crippen LogP contribution in [-0.4, -0.2) is 26.3 Å². The highest BCUT2D eigenvalue weighted by Gasteiger charge is 2.10.